The van der Waals surface area contributed by atoms with Gasteiger partial charge in [-0.05, 0) is 220 Å². The molecule has 7 atom stereocenters. The number of halogens is 7. The van der Waals surface area contributed by atoms with Crippen molar-refractivity contribution >= 4 is 132 Å². The summed E-state index contributed by atoms with van der Waals surface area (Å²) in [7, 11) is -3.14. The minimum absolute atomic E-state index is 0. The van der Waals surface area contributed by atoms with Gasteiger partial charge in [-0.3, -0.25) is 90.2 Å². The summed E-state index contributed by atoms with van der Waals surface area (Å²) in [4.78, 5) is 116. The summed E-state index contributed by atoms with van der Waals surface area (Å²) in [5.41, 5.74) is 0.788. The smallest absolute Gasteiger partial charge is 0.314 e. The van der Waals surface area contributed by atoms with Crippen LogP contribution < -0.4 is 32.1 Å². The van der Waals surface area contributed by atoms with Gasteiger partial charge in [0.1, 0.15) is 51.5 Å². The molecule has 6 aliphatic rings. The summed E-state index contributed by atoms with van der Waals surface area (Å²) < 4.78 is 121. The second-order valence-corrected chi connectivity index (χ2v) is 41.7. The minimum atomic E-state index is -1.60. The zero-order chi connectivity index (χ0) is 104. The lowest BCUT2D eigenvalue weighted by atomic mass is 9.76. The zero-order valence-corrected chi connectivity index (χ0v) is 82.1. The number of aliphatic carboxylic acids is 1. The number of benzene rings is 8. The molecule has 8 aromatic carbocycles. The molecule has 1 aliphatic heterocycles. The van der Waals surface area contributed by atoms with Crippen molar-refractivity contribution in [2.24, 2.45) is 47.9 Å². The molecule has 140 heavy (non-hydrogen) atoms. The number of thiocarbonyl (C=S) groups is 1. The molecule has 5 saturated carbocycles. The number of non-ortho nitro benzene ring substituents is 6. The summed E-state index contributed by atoms with van der Waals surface area (Å²) in [6.45, 7) is 19.4. The van der Waals surface area contributed by atoms with Crippen LogP contribution in [-0.4, -0.2) is 129 Å². The van der Waals surface area contributed by atoms with Crippen molar-refractivity contribution in [3.8, 4) is 0 Å². The quantitative estimate of drug-likeness (QED) is 0.00607. The Labute approximate surface area is 820 Å². The van der Waals surface area contributed by atoms with E-state index in [2.05, 4.69) is 25.1 Å². The Kier molecular flexibility index (Phi) is 35.3. The summed E-state index contributed by atoms with van der Waals surface area (Å²) >= 11 is 6.70. The van der Waals surface area contributed by atoms with E-state index in [1.54, 1.807) is 117 Å². The number of carbonyl (C=O) groups excluding carboxylic acids is 3. The fraction of sp³-hybridized carbons (Fsp3) is 0.409. The number of hydrogen-bond acceptors (Lipinski definition) is 26. The van der Waals surface area contributed by atoms with Crippen LogP contribution in [0.25, 0.3) is 0 Å². The number of amides is 2. The standard InChI is InChI=1S/C20H20FN3O4S.C20H18FN3O3S.C17H23FN2O5S.C12H13FN2O4.C12H15FN2O3S.C12H15FN2O3.ClH/c1-19(20(12-25)9-10-20,15-11-14(24(27)28)7-8-16(15)21)23-18(29)22-17(26)13-5-3-2-4-6-13;1-19(15-11-14(24(26)27)7-8-16(15)21)20(9-10-20)12-28-18(23-19)22-17(25)13-5-3-2-4-6-13;1-15(2,3)25-14(21)17(8-9-17)16(4,19-26(5)24)12-10-11(20(22)23)6-7-13(12)18;1-11(14,12(4-5-12)10(16)17)8-6-7(15(18)19)2-3-9(8)13;1-8(14-19(18)12(2,3)4)10-7-9(15(16)17)5-6-11(10)13;1-11(14,12(7-16)4-5-12)9-6-8(15(17)18)2-3-10(9)13;/h2-8,11,25H,9-10,12H2,1H3,(H2,22,23,26,29);2-8,11H,9-10,12H2,1H3,(H,22,23,25);6-7,10,19H,8-9H2,1-5H3;2-3,6H,4-5,14H2,1H3,(H,16,17);5-7H,1-4H3;2-3,6,16H,4-5,7,14H2,1H3;1H/t2*19-;16-,26-;11-;19-;11-;/m111111./s1. The molecule has 752 valence electrons. The minimum Gasteiger partial charge on any atom is -0.481 e. The number of ether oxygens (including phenoxy) is 1. The lowest BCUT2D eigenvalue weighted by Crippen LogP contribution is -2.55. The largest absolute Gasteiger partial charge is 0.481 e. The van der Waals surface area contributed by atoms with E-state index in [1.807, 2.05) is 6.07 Å². The number of esters is 1. The third-order valence-corrected chi connectivity index (χ3v) is 29.4. The number of thioether (sulfide) groups is 1. The number of nitrogens with two attached hydrogens (primary N) is 2. The number of nitro benzene ring substituents is 6. The number of nitrogens with one attached hydrogen (secondary N) is 4. The maximum absolute atomic E-state index is 14.7. The second-order valence-electron chi connectivity index (χ2n) is 37.3. The predicted octanol–water partition coefficient (Wildman–Crippen LogP) is 17.1. The van der Waals surface area contributed by atoms with Gasteiger partial charge >= 0.3 is 11.9 Å². The fourth-order valence-corrected chi connectivity index (χ4v) is 19.3. The van der Waals surface area contributed by atoms with Crippen LogP contribution in [0.3, 0.4) is 0 Å². The highest BCUT2D eigenvalue weighted by atomic mass is 35.5. The molecule has 8 aromatic rings. The molecule has 11 N–H and O–H groups in total. The molecule has 36 nitrogen and oxygen atoms in total. The predicted molar refractivity (Wildman–Crippen MR) is 517 cm³/mol. The van der Waals surface area contributed by atoms with Crippen LogP contribution in [0.4, 0.5) is 60.5 Å². The normalized spacial score (nSPS) is 18.6. The number of carbonyl (C=O) groups is 4. The summed E-state index contributed by atoms with van der Waals surface area (Å²) in [6, 6.07) is 36.5. The molecule has 1 heterocycles. The molecular weight excluding hydrogens is 1940 g/mol. The van der Waals surface area contributed by atoms with E-state index >= 15 is 0 Å². The zero-order valence-electron chi connectivity index (χ0n) is 78.0. The number of aliphatic imine (C=N–C) groups is 1. The number of nitro groups is 6. The molecule has 2 amide bonds. The van der Waals surface area contributed by atoms with Gasteiger partial charge in [0.05, 0.1) is 97.2 Å². The van der Waals surface area contributed by atoms with Crippen molar-refractivity contribution < 1.29 is 104 Å². The first-order valence-electron chi connectivity index (χ1n) is 42.9. The summed E-state index contributed by atoms with van der Waals surface area (Å²) in [5.74, 6) is -5.57. The van der Waals surface area contributed by atoms with E-state index in [0.29, 0.717) is 73.4 Å². The molecule has 14 rings (SSSR count). The maximum Gasteiger partial charge on any atom is 0.314 e. The van der Waals surface area contributed by atoms with Gasteiger partial charge in [0.15, 0.2) is 10.3 Å². The van der Waals surface area contributed by atoms with Gasteiger partial charge in [0.2, 0.25) is 0 Å². The molecule has 1 spiro atoms. The van der Waals surface area contributed by atoms with Gasteiger partial charge in [-0.25, -0.2) is 39.5 Å². The monoisotopic (exact) mass is 2050 g/mol. The van der Waals surface area contributed by atoms with E-state index in [4.69, 9.17) is 33.4 Å². The number of hydrogen-bond donors (Lipinski definition) is 9. The number of aliphatic hydroxyl groups excluding tert-OH is 2. The Morgan fingerprint density at radius 2 is 0.886 bits per heavy atom. The van der Waals surface area contributed by atoms with Crippen LogP contribution in [0, 0.1) is 123 Å². The average molecular weight is 2050 g/mol. The van der Waals surface area contributed by atoms with Crippen LogP contribution in [0.2, 0.25) is 0 Å². The van der Waals surface area contributed by atoms with Gasteiger partial charge < -0.3 is 42.2 Å². The first kappa shape index (κ1) is 113. The van der Waals surface area contributed by atoms with Gasteiger partial charge in [-0.2, -0.15) is 4.40 Å². The molecule has 0 saturated heterocycles. The number of carboxylic acids is 1. The Morgan fingerprint density at radius 3 is 1.26 bits per heavy atom. The molecule has 5 aliphatic carbocycles. The lowest BCUT2D eigenvalue weighted by molar-refractivity contribution is -0.385. The molecular formula is C93H105ClF6N14O22S4. The van der Waals surface area contributed by atoms with Gasteiger partial charge in [-0.1, -0.05) is 48.2 Å². The Morgan fingerprint density at radius 1 is 0.514 bits per heavy atom. The van der Waals surface area contributed by atoms with Crippen molar-refractivity contribution in [3.05, 3.63) is 310 Å². The fourth-order valence-electron chi connectivity index (χ4n) is 16.1. The van der Waals surface area contributed by atoms with Crippen LogP contribution in [0.1, 0.15) is 201 Å². The van der Waals surface area contributed by atoms with Gasteiger partial charge in [-0.15, -0.1) is 12.4 Å². The van der Waals surface area contributed by atoms with Crippen molar-refractivity contribution in [1.29, 1.82) is 0 Å². The van der Waals surface area contributed by atoms with E-state index in [1.165, 1.54) is 44.9 Å². The van der Waals surface area contributed by atoms with Crippen LogP contribution in [-0.2, 0) is 64.0 Å². The highest BCUT2D eigenvalue weighted by Gasteiger charge is 2.67. The molecule has 0 unspecified atom stereocenters. The molecule has 0 aromatic heterocycles. The number of aliphatic hydroxyl groups is 2. The Bertz CT molecular complexity index is 6260. The van der Waals surface area contributed by atoms with Gasteiger partial charge in [0, 0.05) is 151 Å². The van der Waals surface area contributed by atoms with Crippen LogP contribution in [0.5, 0.6) is 0 Å². The summed E-state index contributed by atoms with van der Waals surface area (Å²) in [6.07, 6.45) is 7.07. The number of amidine groups is 1. The molecule has 5 fully saturated rings. The maximum atomic E-state index is 14.7. The highest BCUT2D eigenvalue weighted by Crippen LogP contribution is 2.66. The van der Waals surface area contributed by atoms with Crippen LogP contribution in [0.15, 0.2) is 179 Å². The van der Waals surface area contributed by atoms with Crippen molar-refractivity contribution in [2.75, 3.05) is 25.2 Å². The van der Waals surface area contributed by atoms with Crippen molar-refractivity contribution in [2.45, 2.75) is 185 Å². The first-order chi connectivity index (χ1) is 64.6. The van der Waals surface area contributed by atoms with Crippen molar-refractivity contribution in [3.63, 3.8) is 0 Å². The first-order valence-corrected chi connectivity index (χ1v) is 46.9. The lowest BCUT2D eigenvalue weighted by Gasteiger charge is -2.39. The summed E-state index contributed by atoms with van der Waals surface area (Å²) in [5, 5.41) is 103. The second kappa shape index (κ2) is 43.8. The highest BCUT2D eigenvalue weighted by molar-refractivity contribution is 8.14. The van der Waals surface area contributed by atoms with Gasteiger partial charge in [0.25, 0.3) is 45.9 Å². The average Bonchev–Trinajstić information content (AvgIpc) is 1.56. The van der Waals surface area contributed by atoms with E-state index in [0.717, 1.165) is 116 Å². The molecule has 47 heteroatoms. The van der Waals surface area contributed by atoms with E-state index in [-0.39, 0.29) is 115 Å². The SMILES string of the molecule is CC(=N[S@](=O)C(C)(C)C)c1cc([N+](=O)[O-])ccc1F.C[C@@](N)(c1cc([N+](=O)[O-])ccc1F)C1(C(=O)O)CC1.C[C@@](N)(c1cc([N+](=O)[O-])ccc1F)C1(CO)CC1.C[C@@](NC(=S)NC(=O)c1ccccc1)(c1cc([N+](=O)[O-])ccc1F)C1(CO)CC1.C[C@]1(c2cc([N+](=O)[O-])ccc2F)N=C(NC(=O)c2ccccc2)SCC12CC2.C[S@@](=O)N[C@](C)(c1cc([N+](=O)[O-])ccc1F)C1(C(=O)OC(C)(C)C)CC1.Cl. The van der Waals surface area contributed by atoms with Crippen LogP contribution >= 0.6 is 36.4 Å². The Hall–Kier alpha value is -12.4. The third kappa shape index (κ3) is 24.9. The Balaban J connectivity index is 0.000000208. The topological polar surface area (TPSA) is 556 Å². The number of rotatable bonds is 26. The van der Waals surface area contributed by atoms with E-state index in [9.17, 15) is 130 Å². The number of carboxylic acid groups (broad SMARTS) is 1. The molecule has 0 bridgehead atoms. The third-order valence-electron chi connectivity index (χ3n) is 25.9. The van der Waals surface area contributed by atoms with E-state index < -0.39 is 164 Å². The molecule has 0 radical (unpaired) electrons. The number of nitrogens with zero attached hydrogens (tertiary/aromatic N) is 8. The van der Waals surface area contributed by atoms with Crippen molar-refractivity contribution in [1.82, 2.24) is 20.7 Å².